The van der Waals surface area contributed by atoms with Crippen LogP contribution in [-0.2, 0) is 23.1 Å². The van der Waals surface area contributed by atoms with Crippen molar-refractivity contribution in [3.63, 3.8) is 0 Å². The predicted octanol–water partition coefficient (Wildman–Crippen LogP) is 5.83. The number of anilines is 2. The van der Waals surface area contributed by atoms with Gasteiger partial charge in [-0.2, -0.15) is 0 Å². The normalized spacial score (nSPS) is 19.4. The lowest BCUT2D eigenvalue weighted by Crippen LogP contribution is -2.56. The maximum Gasteiger partial charge on any atom is 0.249 e. The van der Waals surface area contributed by atoms with Crippen molar-refractivity contribution in [1.82, 2.24) is 14.9 Å². The molecule has 2 aromatic heterocycles. The van der Waals surface area contributed by atoms with Crippen molar-refractivity contribution < 1.29 is 9.59 Å². The SMILES string of the molecule is Cn1c2c(c(C3CCCCC3)c1-c1ccccn1)C=CC(C)(C(=O)NC(C)(C)C(=O)Nc1ccc(N)cc1)C2. The highest BCUT2D eigenvalue weighted by atomic mass is 16.2. The maximum absolute atomic E-state index is 13.7. The van der Waals surface area contributed by atoms with Crippen LogP contribution in [-0.4, -0.2) is 26.9 Å². The number of aromatic nitrogens is 2. The highest BCUT2D eigenvalue weighted by molar-refractivity contribution is 6.01. The topological polar surface area (TPSA) is 102 Å². The first kappa shape index (κ1) is 26.7. The molecular weight excluding hydrogens is 486 g/mol. The largest absolute Gasteiger partial charge is 0.399 e. The molecule has 2 amide bonds. The van der Waals surface area contributed by atoms with Gasteiger partial charge in [0.25, 0.3) is 0 Å². The second-order valence-corrected chi connectivity index (χ2v) is 11.8. The Morgan fingerprint density at radius 2 is 1.79 bits per heavy atom. The molecule has 2 aliphatic rings. The summed E-state index contributed by atoms with van der Waals surface area (Å²) in [6.07, 6.45) is 12.7. The molecule has 0 saturated heterocycles. The van der Waals surface area contributed by atoms with E-state index in [1.54, 1.807) is 38.1 Å². The summed E-state index contributed by atoms with van der Waals surface area (Å²) in [7, 11) is 2.09. The van der Waals surface area contributed by atoms with Crippen LogP contribution in [0, 0.1) is 5.41 Å². The number of nitrogen functional groups attached to an aromatic ring is 1. The second-order valence-electron chi connectivity index (χ2n) is 11.8. The molecule has 7 heteroatoms. The van der Waals surface area contributed by atoms with Crippen LogP contribution < -0.4 is 16.4 Å². The lowest BCUT2D eigenvalue weighted by atomic mass is 9.76. The lowest BCUT2D eigenvalue weighted by molar-refractivity contribution is -0.133. The molecule has 7 nitrogen and oxygen atoms in total. The van der Waals surface area contributed by atoms with Crippen LogP contribution in [0.15, 0.2) is 54.7 Å². The monoisotopic (exact) mass is 525 g/mol. The first-order valence-electron chi connectivity index (χ1n) is 13.9. The lowest BCUT2D eigenvalue weighted by Gasteiger charge is -2.34. The number of carbonyl (C=O) groups is 2. The smallest absolute Gasteiger partial charge is 0.249 e. The maximum atomic E-state index is 13.7. The summed E-state index contributed by atoms with van der Waals surface area (Å²) >= 11 is 0. The highest BCUT2D eigenvalue weighted by Crippen LogP contribution is 2.46. The number of nitrogens with one attached hydrogen (secondary N) is 2. The van der Waals surface area contributed by atoms with E-state index < -0.39 is 11.0 Å². The molecule has 1 saturated carbocycles. The molecular formula is C32H39N5O2. The molecule has 0 spiro atoms. The average molecular weight is 526 g/mol. The Bertz CT molecular complexity index is 1400. The fourth-order valence-corrected chi connectivity index (χ4v) is 5.96. The molecule has 1 fully saturated rings. The molecule has 0 radical (unpaired) electrons. The van der Waals surface area contributed by atoms with Gasteiger partial charge in [-0.25, -0.2) is 0 Å². The fraction of sp³-hybridized carbons (Fsp3) is 0.406. The van der Waals surface area contributed by atoms with Gasteiger partial charge in [-0.3, -0.25) is 14.6 Å². The van der Waals surface area contributed by atoms with Crippen LogP contribution in [0.25, 0.3) is 17.5 Å². The summed E-state index contributed by atoms with van der Waals surface area (Å²) in [4.78, 5) is 31.5. The van der Waals surface area contributed by atoms with Crippen molar-refractivity contribution in [2.75, 3.05) is 11.1 Å². The molecule has 1 atom stereocenters. The van der Waals surface area contributed by atoms with Crippen molar-refractivity contribution in [2.45, 2.75) is 70.8 Å². The number of nitrogens with two attached hydrogens (primary N) is 1. The standard InChI is InChI=1S/C32H39N5O2/c1-31(2,29(38)35-23-15-13-22(33)14-16-23)36-30(39)32(3)18-17-24-26(20-32)37(4)28(25-12-8-9-19-34-25)27(24)21-10-6-5-7-11-21/h8-9,12-19,21H,5-7,10-11,20,33H2,1-4H3,(H,35,38)(H,36,39). The zero-order valence-corrected chi connectivity index (χ0v) is 23.4. The van der Waals surface area contributed by atoms with Crippen LogP contribution in [0.1, 0.15) is 75.6 Å². The summed E-state index contributed by atoms with van der Waals surface area (Å²) in [5, 5.41) is 5.90. The van der Waals surface area contributed by atoms with Gasteiger partial charge in [-0.1, -0.05) is 37.5 Å². The second kappa shape index (κ2) is 10.4. The first-order valence-corrected chi connectivity index (χ1v) is 13.9. The Hall–Kier alpha value is -3.87. The number of benzene rings is 1. The number of rotatable bonds is 6. The Morgan fingerprint density at radius 3 is 2.46 bits per heavy atom. The zero-order valence-electron chi connectivity index (χ0n) is 23.4. The minimum absolute atomic E-state index is 0.179. The van der Waals surface area contributed by atoms with E-state index in [2.05, 4.69) is 34.4 Å². The van der Waals surface area contributed by atoms with Gasteiger partial charge < -0.3 is 20.9 Å². The van der Waals surface area contributed by atoms with Gasteiger partial charge in [-0.15, -0.1) is 0 Å². The molecule has 0 bridgehead atoms. The number of pyridine rings is 1. The summed E-state index contributed by atoms with van der Waals surface area (Å²) in [5.41, 5.74) is 11.0. The first-order chi connectivity index (χ1) is 18.6. The molecule has 2 aliphatic carbocycles. The molecule has 39 heavy (non-hydrogen) atoms. The summed E-state index contributed by atoms with van der Waals surface area (Å²) < 4.78 is 2.25. The van der Waals surface area contributed by atoms with E-state index in [4.69, 9.17) is 10.7 Å². The summed E-state index contributed by atoms with van der Waals surface area (Å²) in [5.74, 6) is 0.0201. The third-order valence-electron chi connectivity index (χ3n) is 8.35. The third-order valence-corrected chi connectivity index (χ3v) is 8.35. The summed E-state index contributed by atoms with van der Waals surface area (Å²) in [6.45, 7) is 5.40. The van der Waals surface area contributed by atoms with Crippen LogP contribution in [0.4, 0.5) is 11.4 Å². The van der Waals surface area contributed by atoms with Crippen molar-refractivity contribution in [3.8, 4) is 11.4 Å². The van der Waals surface area contributed by atoms with E-state index in [0.29, 0.717) is 23.7 Å². The van der Waals surface area contributed by atoms with Gasteiger partial charge >= 0.3 is 0 Å². The minimum atomic E-state index is -1.11. The van der Waals surface area contributed by atoms with E-state index in [9.17, 15) is 9.59 Å². The van der Waals surface area contributed by atoms with Gasteiger partial charge in [0.15, 0.2) is 0 Å². The predicted molar refractivity (Wildman–Crippen MR) is 157 cm³/mol. The van der Waals surface area contributed by atoms with Gasteiger partial charge in [0.1, 0.15) is 5.54 Å². The summed E-state index contributed by atoms with van der Waals surface area (Å²) in [6, 6.07) is 13.0. The van der Waals surface area contributed by atoms with Gasteiger partial charge in [-0.05, 0) is 87.1 Å². The molecule has 0 aliphatic heterocycles. The van der Waals surface area contributed by atoms with E-state index in [1.807, 2.05) is 31.3 Å². The van der Waals surface area contributed by atoms with Crippen molar-refractivity contribution in [3.05, 3.63) is 71.6 Å². The molecule has 1 unspecified atom stereocenters. The van der Waals surface area contributed by atoms with Crippen molar-refractivity contribution in [2.24, 2.45) is 12.5 Å². The van der Waals surface area contributed by atoms with E-state index in [-0.39, 0.29) is 11.8 Å². The van der Waals surface area contributed by atoms with Crippen molar-refractivity contribution in [1.29, 1.82) is 0 Å². The van der Waals surface area contributed by atoms with E-state index >= 15 is 0 Å². The number of fused-ring (bicyclic) bond motifs is 1. The van der Waals surface area contributed by atoms with Crippen LogP contribution in [0.3, 0.4) is 0 Å². The number of nitrogens with zero attached hydrogens (tertiary/aromatic N) is 2. The third kappa shape index (κ3) is 5.22. The van der Waals surface area contributed by atoms with Crippen LogP contribution in [0.2, 0.25) is 0 Å². The molecule has 5 rings (SSSR count). The minimum Gasteiger partial charge on any atom is -0.399 e. The van der Waals surface area contributed by atoms with Gasteiger partial charge in [0.2, 0.25) is 11.8 Å². The molecule has 2 heterocycles. The fourth-order valence-electron chi connectivity index (χ4n) is 5.96. The number of carbonyl (C=O) groups excluding carboxylic acids is 2. The van der Waals surface area contributed by atoms with E-state index in [1.165, 1.54) is 43.2 Å². The molecule has 4 N–H and O–H groups in total. The Morgan fingerprint density at radius 1 is 1.08 bits per heavy atom. The molecule has 1 aromatic carbocycles. The Labute approximate surface area is 230 Å². The van der Waals surface area contributed by atoms with Crippen molar-refractivity contribution >= 4 is 29.3 Å². The van der Waals surface area contributed by atoms with Crippen LogP contribution in [0.5, 0.6) is 0 Å². The van der Waals surface area contributed by atoms with Gasteiger partial charge in [0, 0.05) is 36.7 Å². The van der Waals surface area contributed by atoms with Crippen LogP contribution >= 0.6 is 0 Å². The number of hydrogen-bond acceptors (Lipinski definition) is 4. The zero-order chi connectivity index (χ0) is 27.8. The number of hydrogen-bond donors (Lipinski definition) is 3. The highest BCUT2D eigenvalue weighted by Gasteiger charge is 2.41. The average Bonchev–Trinajstić information content (AvgIpc) is 3.21. The Kier molecular flexibility index (Phi) is 7.10. The quantitative estimate of drug-likeness (QED) is 0.353. The Balaban J connectivity index is 1.42. The van der Waals surface area contributed by atoms with Gasteiger partial charge in [0.05, 0.1) is 16.8 Å². The molecule has 3 aromatic rings. The van der Waals surface area contributed by atoms with E-state index in [0.717, 1.165) is 17.1 Å². The molecule has 204 valence electrons. The number of amides is 2.